The van der Waals surface area contributed by atoms with E-state index in [1.165, 1.54) is 16.8 Å². The maximum atomic E-state index is 14.8. The quantitative estimate of drug-likeness (QED) is 0.387. The van der Waals surface area contributed by atoms with E-state index in [0.29, 0.717) is 11.9 Å². The third kappa shape index (κ3) is 3.98. The van der Waals surface area contributed by atoms with Gasteiger partial charge in [-0.2, -0.15) is 4.98 Å². The minimum Gasteiger partial charge on any atom is -0.383 e. The minimum absolute atomic E-state index is 0.00665. The van der Waals surface area contributed by atoms with Crippen molar-refractivity contribution in [3.05, 3.63) is 96.1 Å². The Kier molecular flexibility index (Phi) is 5.40. The van der Waals surface area contributed by atoms with E-state index in [1.807, 2.05) is 60.7 Å². The fourth-order valence-electron chi connectivity index (χ4n) is 3.70. The Bertz CT molecular complexity index is 1420. The molecular weight excluding hydrogens is 422 g/mol. The maximum Gasteiger partial charge on any atom is 0.225 e. The third-order valence-electron chi connectivity index (χ3n) is 5.32. The second-order valence-electron chi connectivity index (χ2n) is 7.49. The average molecular weight is 442 g/mol. The number of hydrogen-bond donors (Lipinski definition) is 2. The minimum atomic E-state index is -1.00. The van der Waals surface area contributed by atoms with Crippen LogP contribution in [0.25, 0.3) is 28.0 Å². The number of para-hydroxylation sites is 1. The second-order valence-corrected chi connectivity index (χ2v) is 7.49. The molecule has 5 rings (SSSR count). The number of fused-ring (bicyclic) bond motifs is 1. The summed E-state index contributed by atoms with van der Waals surface area (Å²) in [5, 5.41) is 8.06. The van der Waals surface area contributed by atoms with Crippen LogP contribution >= 0.6 is 0 Å². The SMILES string of the molecule is Nc1c2c(-c3cccc(F)c3F)nc(NCCc3ccccc3)nc2nn1-c1ccccc1. The largest absolute Gasteiger partial charge is 0.383 e. The Morgan fingerprint density at radius 2 is 1.58 bits per heavy atom. The van der Waals surface area contributed by atoms with E-state index in [4.69, 9.17) is 5.73 Å². The summed E-state index contributed by atoms with van der Waals surface area (Å²) in [4.78, 5) is 9.01. The fourth-order valence-corrected chi connectivity index (χ4v) is 3.70. The van der Waals surface area contributed by atoms with Gasteiger partial charge in [-0.3, -0.25) is 0 Å². The molecule has 33 heavy (non-hydrogen) atoms. The second kappa shape index (κ2) is 8.66. The zero-order chi connectivity index (χ0) is 22.8. The number of nitrogen functional groups attached to an aromatic ring is 1. The predicted octanol–water partition coefficient (Wildman–Crippen LogP) is 5.00. The average Bonchev–Trinajstić information content (AvgIpc) is 3.18. The van der Waals surface area contributed by atoms with Gasteiger partial charge in [0.2, 0.25) is 5.95 Å². The van der Waals surface area contributed by atoms with Crippen molar-refractivity contribution in [1.29, 1.82) is 0 Å². The highest BCUT2D eigenvalue weighted by molar-refractivity contribution is 5.99. The first-order valence-corrected chi connectivity index (χ1v) is 10.5. The van der Waals surface area contributed by atoms with Crippen molar-refractivity contribution in [1.82, 2.24) is 19.7 Å². The van der Waals surface area contributed by atoms with Crippen molar-refractivity contribution in [3.63, 3.8) is 0 Å². The molecule has 0 atom stereocenters. The lowest BCUT2D eigenvalue weighted by atomic mass is 10.1. The van der Waals surface area contributed by atoms with Crippen LogP contribution in [0.15, 0.2) is 78.9 Å². The van der Waals surface area contributed by atoms with Crippen LogP contribution in [0.1, 0.15) is 5.56 Å². The van der Waals surface area contributed by atoms with Gasteiger partial charge in [0, 0.05) is 12.1 Å². The molecule has 8 heteroatoms. The molecule has 0 saturated carbocycles. The molecule has 0 spiro atoms. The molecule has 0 fully saturated rings. The summed E-state index contributed by atoms with van der Waals surface area (Å²) < 4.78 is 30.3. The summed E-state index contributed by atoms with van der Waals surface area (Å²) in [5.74, 6) is -1.47. The predicted molar refractivity (Wildman–Crippen MR) is 125 cm³/mol. The van der Waals surface area contributed by atoms with Crippen molar-refractivity contribution in [2.24, 2.45) is 0 Å². The summed E-state index contributed by atoms with van der Waals surface area (Å²) in [6.45, 7) is 0.551. The Hall–Kier alpha value is -4.33. The first-order chi connectivity index (χ1) is 16.1. The highest BCUT2D eigenvalue weighted by Crippen LogP contribution is 2.34. The molecule has 5 aromatic rings. The normalized spacial score (nSPS) is 11.1. The first kappa shape index (κ1) is 20.6. The van der Waals surface area contributed by atoms with Crippen LogP contribution in [0, 0.1) is 11.6 Å². The number of nitrogens with zero attached hydrogens (tertiary/aromatic N) is 4. The lowest BCUT2D eigenvalue weighted by Crippen LogP contribution is -2.09. The van der Waals surface area contributed by atoms with Crippen LogP contribution in [0.4, 0.5) is 20.5 Å². The third-order valence-corrected chi connectivity index (χ3v) is 5.32. The number of aromatic nitrogens is 4. The molecule has 6 nitrogen and oxygen atoms in total. The zero-order valence-corrected chi connectivity index (χ0v) is 17.5. The van der Waals surface area contributed by atoms with Crippen molar-refractivity contribution in [2.75, 3.05) is 17.6 Å². The van der Waals surface area contributed by atoms with Crippen molar-refractivity contribution >= 4 is 22.8 Å². The summed E-state index contributed by atoms with van der Waals surface area (Å²) in [6.07, 6.45) is 0.743. The maximum absolute atomic E-state index is 14.8. The van der Waals surface area contributed by atoms with Gasteiger partial charge in [-0.15, -0.1) is 5.10 Å². The summed E-state index contributed by atoms with van der Waals surface area (Å²) >= 11 is 0. The number of nitrogens with two attached hydrogens (primary N) is 1. The van der Waals surface area contributed by atoms with Gasteiger partial charge in [0.1, 0.15) is 5.82 Å². The van der Waals surface area contributed by atoms with Gasteiger partial charge >= 0.3 is 0 Å². The molecule has 0 aliphatic heterocycles. The Balaban J connectivity index is 1.61. The molecule has 0 aliphatic carbocycles. The number of hydrogen-bond acceptors (Lipinski definition) is 5. The van der Waals surface area contributed by atoms with Crippen LogP contribution in [-0.4, -0.2) is 26.3 Å². The van der Waals surface area contributed by atoms with Gasteiger partial charge < -0.3 is 11.1 Å². The molecule has 0 unspecified atom stereocenters. The molecule has 0 saturated heterocycles. The van der Waals surface area contributed by atoms with Gasteiger partial charge in [0.15, 0.2) is 17.3 Å². The van der Waals surface area contributed by atoms with Crippen LogP contribution in [0.3, 0.4) is 0 Å². The number of halogens is 2. The fraction of sp³-hybridized carbons (Fsp3) is 0.0800. The van der Waals surface area contributed by atoms with Crippen LogP contribution < -0.4 is 11.1 Å². The number of rotatable bonds is 6. The summed E-state index contributed by atoms with van der Waals surface area (Å²) in [5.41, 5.74) is 8.74. The Labute approximate surface area is 188 Å². The van der Waals surface area contributed by atoms with E-state index < -0.39 is 11.6 Å². The molecule has 2 heterocycles. The van der Waals surface area contributed by atoms with E-state index in [9.17, 15) is 8.78 Å². The lowest BCUT2D eigenvalue weighted by Gasteiger charge is -2.10. The van der Waals surface area contributed by atoms with Crippen molar-refractivity contribution < 1.29 is 8.78 Å². The smallest absolute Gasteiger partial charge is 0.225 e. The van der Waals surface area contributed by atoms with Crippen molar-refractivity contribution in [3.8, 4) is 16.9 Å². The monoisotopic (exact) mass is 442 g/mol. The van der Waals surface area contributed by atoms with Gasteiger partial charge in [-0.05, 0) is 36.2 Å². The standard InChI is InChI=1S/C25H20F2N6/c26-19-13-7-12-18(21(19)27)22-20-23(28)33(17-10-5-2-6-11-17)32-24(20)31-25(30-22)29-15-14-16-8-3-1-4-9-16/h1-13H,14-15,28H2,(H,29,31,32). The number of nitrogens with one attached hydrogen (secondary N) is 1. The highest BCUT2D eigenvalue weighted by Gasteiger charge is 2.22. The zero-order valence-electron chi connectivity index (χ0n) is 17.5. The molecule has 0 amide bonds. The molecular formula is C25H20F2N6. The molecule has 2 aromatic heterocycles. The topological polar surface area (TPSA) is 81.7 Å². The molecule has 164 valence electrons. The summed E-state index contributed by atoms with van der Waals surface area (Å²) in [6, 6.07) is 23.2. The molecule has 0 bridgehead atoms. The molecule has 3 N–H and O–H groups in total. The van der Waals surface area contributed by atoms with E-state index in [1.54, 1.807) is 0 Å². The number of benzene rings is 3. The van der Waals surface area contributed by atoms with Crippen LogP contribution in [0.2, 0.25) is 0 Å². The van der Waals surface area contributed by atoms with Crippen LogP contribution in [0.5, 0.6) is 0 Å². The number of anilines is 2. The Morgan fingerprint density at radius 3 is 2.33 bits per heavy atom. The van der Waals surface area contributed by atoms with Crippen LogP contribution in [-0.2, 0) is 6.42 Å². The molecule has 3 aromatic carbocycles. The van der Waals surface area contributed by atoms with E-state index >= 15 is 0 Å². The molecule has 0 radical (unpaired) electrons. The van der Waals surface area contributed by atoms with E-state index in [-0.39, 0.29) is 28.7 Å². The highest BCUT2D eigenvalue weighted by atomic mass is 19.2. The van der Waals surface area contributed by atoms with Gasteiger partial charge in [0.25, 0.3) is 0 Å². The summed E-state index contributed by atoms with van der Waals surface area (Å²) in [7, 11) is 0. The first-order valence-electron chi connectivity index (χ1n) is 10.5. The molecule has 0 aliphatic rings. The van der Waals surface area contributed by atoms with Gasteiger partial charge in [-0.1, -0.05) is 54.6 Å². The Morgan fingerprint density at radius 1 is 0.848 bits per heavy atom. The van der Waals surface area contributed by atoms with Gasteiger partial charge in [0.05, 0.1) is 16.8 Å². The van der Waals surface area contributed by atoms with Gasteiger partial charge in [-0.25, -0.2) is 18.4 Å². The van der Waals surface area contributed by atoms with E-state index in [2.05, 4.69) is 20.4 Å². The van der Waals surface area contributed by atoms with Crippen molar-refractivity contribution in [2.45, 2.75) is 6.42 Å². The van der Waals surface area contributed by atoms with E-state index in [0.717, 1.165) is 23.7 Å². The lowest BCUT2D eigenvalue weighted by molar-refractivity contribution is 0.511.